The number of hydrogen-bond acceptors (Lipinski definition) is 2. The second-order valence-electron chi connectivity index (χ2n) is 7.42. The molecule has 0 bridgehead atoms. The van der Waals surface area contributed by atoms with Gasteiger partial charge in [-0.05, 0) is 49.1 Å². The van der Waals surface area contributed by atoms with Crippen molar-refractivity contribution < 1.29 is 14.7 Å². The molecule has 1 N–H and O–H groups in total. The first kappa shape index (κ1) is 15.9. The Morgan fingerprint density at radius 2 is 1.88 bits per heavy atom. The standard InChI is InChI=1S/C19H22ClNO3/c20-15-7-3-2-6-12(15)13-10-14(13)18(22)21-16-8-4-1-5-11(16)9-17(21)19(23)24/h2-3,6-7,11,13-14,16-17H,1,4-5,8-10H2,(H,23,24). The summed E-state index contributed by atoms with van der Waals surface area (Å²) < 4.78 is 0. The SMILES string of the molecule is O=C(O)C1CC2CCCCC2N1C(=O)C1CC1c1ccccc1Cl. The first-order valence-electron chi connectivity index (χ1n) is 8.87. The molecule has 0 spiro atoms. The summed E-state index contributed by atoms with van der Waals surface area (Å²) in [6.45, 7) is 0. The molecule has 3 aliphatic rings. The van der Waals surface area contributed by atoms with E-state index in [4.69, 9.17) is 11.6 Å². The number of benzene rings is 1. The van der Waals surface area contributed by atoms with Crippen molar-refractivity contribution in [1.82, 2.24) is 4.90 Å². The van der Waals surface area contributed by atoms with Crippen LogP contribution < -0.4 is 0 Å². The van der Waals surface area contributed by atoms with E-state index in [0.717, 1.165) is 37.7 Å². The van der Waals surface area contributed by atoms with Gasteiger partial charge in [0, 0.05) is 17.0 Å². The summed E-state index contributed by atoms with van der Waals surface area (Å²) in [7, 11) is 0. The van der Waals surface area contributed by atoms with Crippen LogP contribution in [0.2, 0.25) is 5.02 Å². The summed E-state index contributed by atoms with van der Waals surface area (Å²) in [5, 5.41) is 10.3. The number of nitrogens with zero attached hydrogens (tertiary/aromatic N) is 1. The minimum Gasteiger partial charge on any atom is -0.480 e. The molecule has 3 fully saturated rings. The van der Waals surface area contributed by atoms with Gasteiger partial charge in [-0.1, -0.05) is 42.6 Å². The van der Waals surface area contributed by atoms with Crippen molar-refractivity contribution in [1.29, 1.82) is 0 Å². The number of carboxylic acid groups (broad SMARTS) is 1. The average molecular weight is 348 g/mol. The fraction of sp³-hybridized carbons (Fsp3) is 0.579. The topological polar surface area (TPSA) is 57.6 Å². The zero-order valence-corrected chi connectivity index (χ0v) is 14.3. The van der Waals surface area contributed by atoms with Crippen molar-refractivity contribution >= 4 is 23.5 Å². The van der Waals surface area contributed by atoms with Crippen LogP contribution in [-0.4, -0.2) is 34.0 Å². The number of carboxylic acids is 1. The Labute approximate surface area is 146 Å². The highest BCUT2D eigenvalue weighted by Gasteiger charge is 2.54. The van der Waals surface area contributed by atoms with Crippen LogP contribution in [0.25, 0.3) is 0 Å². The maximum Gasteiger partial charge on any atom is 0.326 e. The monoisotopic (exact) mass is 347 g/mol. The van der Waals surface area contributed by atoms with Crippen molar-refractivity contribution in [2.24, 2.45) is 11.8 Å². The van der Waals surface area contributed by atoms with Crippen LogP contribution in [0.3, 0.4) is 0 Å². The Morgan fingerprint density at radius 1 is 1.12 bits per heavy atom. The Morgan fingerprint density at radius 3 is 2.62 bits per heavy atom. The van der Waals surface area contributed by atoms with E-state index in [-0.39, 0.29) is 23.8 Å². The number of rotatable bonds is 3. The highest BCUT2D eigenvalue weighted by Crippen LogP contribution is 2.52. The molecule has 1 amide bonds. The molecule has 24 heavy (non-hydrogen) atoms. The minimum absolute atomic E-state index is 0.0294. The Kier molecular flexibility index (Phi) is 4.03. The summed E-state index contributed by atoms with van der Waals surface area (Å²) in [4.78, 5) is 26.5. The fourth-order valence-electron chi connectivity index (χ4n) is 4.78. The van der Waals surface area contributed by atoms with Crippen molar-refractivity contribution in [2.45, 2.75) is 56.5 Å². The zero-order valence-electron chi connectivity index (χ0n) is 13.5. The van der Waals surface area contributed by atoms with E-state index >= 15 is 0 Å². The third kappa shape index (κ3) is 2.61. The molecule has 1 aromatic carbocycles. The molecule has 2 saturated carbocycles. The maximum absolute atomic E-state index is 13.1. The summed E-state index contributed by atoms with van der Waals surface area (Å²) in [6, 6.07) is 7.14. The molecule has 5 heteroatoms. The molecule has 0 aromatic heterocycles. The largest absolute Gasteiger partial charge is 0.480 e. The van der Waals surface area contributed by atoms with Crippen LogP contribution in [0.15, 0.2) is 24.3 Å². The lowest BCUT2D eigenvalue weighted by Gasteiger charge is -2.33. The molecule has 1 saturated heterocycles. The summed E-state index contributed by atoms with van der Waals surface area (Å²) in [5.74, 6) is -0.425. The molecule has 2 aliphatic carbocycles. The highest BCUT2D eigenvalue weighted by molar-refractivity contribution is 6.31. The molecular weight excluding hydrogens is 326 g/mol. The molecule has 4 rings (SSSR count). The molecule has 1 aromatic rings. The molecule has 0 radical (unpaired) electrons. The average Bonchev–Trinajstić information content (AvgIpc) is 3.26. The summed E-state index contributed by atoms with van der Waals surface area (Å²) >= 11 is 6.26. The normalized spacial score (nSPS) is 34.7. The number of fused-ring (bicyclic) bond motifs is 1. The Bertz CT molecular complexity index is 676. The van der Waals surface area contributed by atoms with Gasteiger partial charge in [0.2, 0.25) is 5.91 Å². The van der Waals surface area contributed by atoms with Crippen LogP contribution in [0.1, 0.15) is 50.0 Å². The van der Waals surface area contributed by atoms with Gasteiger partial charge in [0.05, 0.1) is 0 Å². The Hall–Kier alpha value is -1.55. The first-order valence-corrected chi connectivity index (χ1v) is 9.25. The number of carbonyl (C=O) groups is 2. The lowest BCUT2D eigenvalue weighted by molar-refractivity contribution is -0.150. The maximum atomic E-state index is 13.1. The molecule has 128 valence electrons. The number of likely N-dealkylation sites (tertiary alicyclic amines) is 1. The number of aliphatic carboxylic acids is 1. The molecule has 1 heterocycles. The van der Waals surface area contributed by atoms with Crippen molar-refractivity contribution in [2.75, 3.05) is 0 Å². The third-order valence-corrected chi connectivity index (χ3v) is 6.38. The van der Waals surface area contributed by atoms with Crippen molar-refractivity contribution in [3.63, 3.8) is 0 Å². The predicted molar refractivity (Wildman–Crippen MR) is 90.9 cm³/mol. The summed E-state index contributed by atoms with van der Waals surface area (Å²) in [6.07, 6.45) is 5.65. The van der Waals surface area contributed by atoms with Crippen molar-refractivity contribution in [3.05, 3.63) is 34.9 Å². The van der Waals surface area contributed by atoms with Crippen LogP contribution >= 0.6 is 11.6 Å². The molecular formula is C19H22ClNO3. The van der Waals surface area contributed by atoms with Crippen LogP contribution in [0, 0.1) is 11.8 Å². The quantitative estimate of drug-likeness (QED) is 0.907. The number of hydrogen-bond donors (Lipinski definition) is 1. The van der Waals surface area contributed by atoms with E-state index in [2.05, 4.69) is 0 Å². The lowest BCUT2D eigenvalue weighted by atomic mass is 9.84. The van der Waals surface area contributed by atoms with Gasteiger partial charge in [0.1, 0.15) is 6.04 Å². The van der Waals surface area contributed by atoms with E-state index in [1.165, 1.54) is 0 Å². The van der Waals surface area contributed by atoms with E-state index in [9.17, 15) is 14.7 Å². The Balaban J connectivity index is 1.55. The van der Waals surface area contributed by atoms with E-state index < -0.39 is 12.0 Å². The highest BCUT2D eigenvalue weighted by atomic mass is 35.5. The van der Waals surface area contributed by atoms with Gasteiger partial charge < -0.3 is 10.0 Å². The van der Waals surface area contributed by atoms with Gasteiger partial charge in [0.15, 0.2) is 0 Å². The number of halogens is 1. The van der Waals surface area contributed by atoms with Gasteiger partial charge in [-0.25, -0.2) is 4.79 Å². The molecule has 5 atom stereocenters. The zero-order chi connectivity index (χ0) is 16.8. The van der Waals surface area contributed by atoms with Gasteiger partial charge in [-0.2, -0.15) is 0 Å². The van der Waals surface area contributed by atoms with Gasteiger partial charge in [-0.15, -0.1) is 0 Å². The van der Waals surface area contributed by atoms with E-state index in [1.54, 1.807) is 4.90 Å². The third-order valence-electron chi connectivity index (χ3n) is 6.04. The van der Waals surface area contributed by atoms with Gasteiger partial charge in [0.25, 0.3) is 0 Å². The van der Waals surface area contributed by atoms with Crippen LogP contribution in [0.5, 0.6) is 0 Å². The van der Waals surface area contributed by atoms with Crippen LogP contribution in [-0.2, 0) is 9.59 Å². The second kappa shape index (κ2) is 6.07. The fourth-order valence-corrected chi connectivity index (χ4v) is 5.05. The van der Waals surface area contributed by atoms with Crippen molar-refractivity contribution in [3.8, 4) is 0 Å². The molecule has 5 unspecified atom stereocenters. The van der Waals surface area contributed by atoms with Crippen LogP contribution in [0.4, 0.5) is 0 Å². The number of amides is 1. The van der Waals surface area contributed by atoms with Gasteiger partial charge in [-0.3, -0.25) is 4.79 Å². The lowest BCUT2D eigenvalue weighted by Crippen LogP contribution is -2.47. The smallest absolute Gasteiger partial charge is 0.326 e. The van der Waals surface area contributed by atoms with E-state index in [1.807, 2.05) is 24.3 Å². The second-order valence-corrected chi connectivity index (χ2v) is 7.82. The first-order chi connectivity index (χ1) is 11.6. The van der Waals surface area contributed by atoms with E-state index in [0.29, 0.717) is 17.4 Å². The van der Waals surface area contributed by atoms with Gasteiger partial charge >= 0.3 is 5.97 Å². The summed E-state index contributed by atoms with van der Waals surface area (Å²) in [5.41, 5.74) is 1.02. The predicted octanol–water partition coefficient (Wildman–Crippen LogP) is 3.69. The molecule has 1 aliphatic heterocycles. The number of carbonyl (C=O) groups excluding carboxylic acids is 1. The minimum atomic E-state index is -0.854. The molecule has 4 nitrogen and oxygen atoms in total.